The van der Waals surface area contributed by atoms with Crippen LogP contribution in [-0.2, 0) is 6.54 Å². The number of nitriles is 2. The first-order valence-corrected chi connectivity index (χ1v) is 6.54. The molecule has 4 heteroatoms. The van der Waals surface area contributed by atoms with Crippen molar-refractivity contribution in [1.82, 2.24) is 9.80 Å². The molecule has 4 nitrogen and oxygen atoms in total. The molecule has 1 aromatic rings. The summed E-state index contributed by atoms with van der Waals surface area (Å²) in [6.07, 6.45) is 0. The van der Waals surface area contributed by atoms with Crippen molar-refractivity contribution in [2.75, 3.05) is 32.7 Å². The quantitative estimate of drug-likeness (QED) is 0.767. The zero-order valence-corrected chi connectivity index (χ0v) is 11.3. The van der Waals surface area contributed by atoms with E-state index in [2.05, 4.69) is 34.9 Å². The Morgan fingerprint density at radius 3 is 2.37 bits per heavy atom. The second-order valence-corrected chi connectivity index (χ2v) is 4.96. The van der Waals surface area contributed by atoms with Crippen LogP contribution in [0.2, 0.25) is 0 Å². The first kappa shape index (κ1) is 13.5. The number of piperazine rings is 1. The summed E-state index contributed by atoms with van der Waals surface area (Å²) in [5.41, 5.74) is 3.19. The summed E-state index contributed by atoms with van der Waals surface area (Å²) in [5.74, 6) is 0. The highest BCUT2D eigenvalue weighted by atomic mass is 15.3. The smallest absolute Gasteiger partial charge is 0.0991 e. The average molecular weight is 254 g/mol. The normalized spacial score (nSPS) is 16.8. The Morgan fingerprint density at radius 2 is 1.79 bits per heavy atom. The molecule has 0 saturated carbocycles. The molecular formula is C15H18N4. The fourth-order valence-corrected chi connectivity index (χ4v) is 2.39. The Labute approximate surface area is 114 Å². The van der Waals surface area contributed by atoms with Gasteiger partial charge in [0.15, 0.2) is 0 Å². The summed E-state index contributed by atoms with van der Waals surface area (Å²) in [6.45, 7) is 7.44. The molecule has 1 fully saturated rings. The lowest BCUT2D eigenvalue weighted by atomic mass is 10.0. The standard InChI is InChI=1S/C15H18N4/c1-13-10-14(11-17)2-3-15(13)12-19-8-6-18(5-4-16)7-9-19/h2-3,10H,5-9,12H2,1H3. The number of nitrogens with zero attached hydrogens (tertiary/aromatic N) is 4. The molecule has 1 aromatic carbocycles. The van der Waals surface area contributed by atoms with Gasteiger partial charge in [0, 0.05) is 32.7 Å². The molecule has 0 amide bonds. The Morgan fingerprint density at radius 1 is 1.11 bits per heavy atom. The Hall–Kier alpha value is -1.88. The molecule has 1 aliphatic heterocycles. The second-order valence-electron chi connectivity index (χ2n) is 4.96. The van der Waals surface area contributed by atoms with Crippen LogP contribution in [0, 0.1) is 29.6 Å². The van der Waals surface area contributed by atoms with Crippen LogP contribution < -0.4 is 0 Å². The highest BCUT2D eigenvalue weighted by Crippen LogP contribution is 2.14. The molecule has 0 unspecified atom stereocenters. The van der Waals surface area contributed by atoms with Crippen molar-refractivity contribution in [3.8, 4) is 12.1 Å². The lowest BCUT2D eigenvalue weighted by molar-refractivity contribution is 0.138. The van der Waals surface area contributed by atoms with Crippen molar-refractivity contribution in [3.05, 3.63) is 34.9 Å². The van der Waals surface area contributed by atoms with Gasteiger partial charge in [0.2, 0.25) is 0 Å². The van der Waals surface area contributed by atoms with Crippen LogP contribution >= 0.6 is 0 Å². The van der Waals surface area contributed by atoms with Gasteiger partial charge in [0.1, 0.15) is 0 Å². The van der Waals surface area contributed by atoms with Crippen molar-refractivity contribution >= 4 is 0 Å². The zero-order valence-electron chi connectivity index (χ0n) is 11.3. The van der Waals surface area contributed by atoms with Crippen LogP contribution in [0.1, 0.15) is 16.7 Å². The maximum absolute atomic E-state index is 8.86. The third-order valence-corrected chi connectivity index (χ3v) is 3.62. The summed E-state index contributed by atoms with van der Waals surface area (Å²) in [4.78, 5) is 4.59. The topological polar surface area (TPSA) is 54.1 Å². The highest BCUT2D eigenvalue weighted by molar-refractivity contribution is 5.37. The monoisotopic (exact) mass is 254 g/mol. The van der Waals surface area contributed by atoms with E-state index in [0.717, 1.165) is 38.3 Å². The van der Waals surface area contributed by atoms with Crippen LogP contribution in [0.15, 0.2) is 18.2 Å². The van der Waals surface area contributed by atoms with Gasteiger partial charge in [0.05, 0.1) is 24.2 Å². The van der Waals surface area contributed by atoms with Crippen LogP contribution in [0.4, 0.5) is 0 Å². The number of rotatable bonds is 3. The molecule has 98 valence electrons. The average Bonchev–Trinajstić information content (AvgIpc) is 2.43. The number of benzene rings is 1. The van der Waals surface area contributed by atoms with E-state index in [1.807, 2.05) is 12.1 Å². The molecular weight excluding hydrogens is 236 g/mol. The van der Waals surface area contributed by atoms with Gasteiger partial charge in [0.25, 0.3) is 0 Å². The number of hydrogen-bond donors (Lipinski definition) is 0. The number of aryl methyl sites for hydroxylation is 1. The van der Waals surface area contributed by atoms with E-state index in [1.54, 1.807) is 0 Å². The van der Waals surface area contributed by atoms with E-state index < -0.39 is 0 Å². The van der Waals surface area contributed by atoms with Gasteiger partial charge in [-0.05, 0) is 30.2 Å². The molecule has 1 saturated heterocycles. The molecule has 0 radical (unpaired) electrons. The molecule has 1 heterocycles. The van der Waals surface area contributed by atoms with Gasteiger partial charge in [-0.3, -0.25) is 9.80 Å². The van der Waals surface area contributed by atoms with Gasteiger partial charge in [-0.2, -0.15) is 10.5 Å². The summed E-state index contributed by atoms with van der Waals surface area (Å²) in [6, 6.07) is 10.2. The van der Waals surface area contributed by atoms with Crippen LogP contribution in [0.3, 0.4) is 0 Å². The van der Waals surface area contributed by atoms with Crippen molar-refractivity contribution in [2.24, 2.45) is 0 Å². The van der Waals surface area contributed by atoms with Gasteiger partial charge in [-0.25, -0.2) is 0 Å². The van der Waals surface area contributed by atoms with E-state index in [-0.39, 0.29) is 0 Å². The third kappa shape index (κ3) is 3.54. The van der Waals surface area contributed by atoms with E-state index >= 15 is 0 Å². The molecule has 0 N–H and O–H groups in total. The van der Waals surface area contributed by atoms with Crippen molar-refractivity contribution < 1.29 is 0 Å². The second kappa shape index (κ2) is 6.33. The summed E-state index contributed by atoms with van der Waals surface area (Å²) >= 11 is 0. The fourth-order valence-electron chi connectivity index (χ4n) is 2.39. The first-order valence-electron chi connectivity index (χ1n) is 6.54. The third-order valence-electron chi connectivity index (χ3n) is 3.62. The number of hydrogen-bond acceptors (Lipinski definition) is 4. The van der Waals surface area contributed by atoms with Crippen LogP contribution in [-0.4, -0.2) is 42.5 Å². The molecule has 19 heavy (non-hydrogen) atoms. The van der Waals surface area contributed by atoms with Crippen molar-refractivity contribution in [1.29, 1.82) is 10.5 Å². The molecule has 0 bridgehead atoms. The zero-order chi connectivity index (χ0) is 13.7. The van der Waals surface area contributed by atoms with Crippen LogP contribution in [0.5, 0.6) is 0 Å². The molecule has 0 atom stereocenters. The lowest BCUT2D eigenvalue weighted by Gasteiger charge is -2.33. The molecule has 0 aromatic heterocycles. The minimum Gasteiger partial charge on any atom is -0.297 e. The molecule has 0 spiro atoms. The summed E-state index contributed by atoms with van der Waals surface area (Å²) in [5, 5.41) is 17.5. The molecule has 0 aliphatic carbocycles. The summed E-state index contributed by atoms with van der Waals surface area (Å²) in [7, 11) is 0. The van der Waals surface area contributed by atoms with E-state index in [4.69, 9.17) is 10.5 Å². The maximum Gasteiger partial charge on any atom is 0.0991 e. The van der Waals surface area contributed by atoms with E-state index in [0.29, 0.717) is 6.54 Å². The Balaban J connectivity index is 1.93. The van der Waals surface area contributed by atoms with Crippen molar-refractivity contribution in [2.45, 2.75) is 13.5 Å². The Bertz CT molecular complexity index is 516. The minimum absolute atomic E-state index is 0.531. The van der Waals surface area contributed by atoms with E-state index in [9.17, 15) is 0 Å². The molecule has 2 rings (SSSR count). The van der Waals surface area contributed by atoms with Gasteiger partial charge in [-0.15, -0.1) is 0 Å². The summed E-state index contributed by atoms with van der Waals surface area (Å²) < 4.78 is 0. The lowest BCUT2D eigenvalue weighted by Crippen LogP contribution is -2.45. The molecule has 1 aliphatic rings. The maximum atomic E-state index is 8.86. The first-order chi connectivity index (χ1) is 9.22. The van der Waals surface area contributed by atoms with Crippen LogP contribution in [0.25, 0.3) is 0 Å². The SMILES string of the molecule is Cc1cc(C#N)ccc1CN1CCN(CC#N)CC1. The van der Waals surface area contributed by atoms with Gasteiger partial charge < -0.3 is 0 Å². The highest BCUT2D eigenvalue weighted by Gasteiger charge is 2.16. The minimum atomic E-state index is 0.531. The Kier molecular flexibility index (Phi) is 4.52. The van der Waals surface area contributed by atoms with E-state index in [1.165, 1.54) is 11.1 Å². The van der Waals surface area contributed by atoms with Gasteiger partial charge >= 0.3 is 0 Å². The predicted octanol–water partition coefficient (Wildman–Crippen LogP) is 1.51. The van der Waals surface area contributed by atoms with Crippen molar-refractivity contribution in [3.63, 3.8) is 0 Å². The predicted molar refractivity (Wildman–Crippen MR) is 73.2 cm³/mol. The largest absolute Gasteiger partial charge is 0.297 e. The van der Waals surface area contributed by atoms with Gasteiger partial charge in [-0.1, -0.05) is 6.07 Å². The fraction of sp³-hybridized carbons (Fsp3) is 0.467.